The maximum atomic E-state index is 12.8. The summed E-state index contributed by atoms with van der Waals surface area (Å²) in [5.74, 6) is 0.725. The van der Waals surface area contributed by atoms with Crippen molar-refractivity contribution in [1.29, 1.82) is 0 Å². The van der Waals surface area contributed by atoms with Crippen LogP contribution in [0.5, 0.6) is 17.2 Å². The van der Waals surface area contributed by atoms with Crippen LogP contribution >= 0.6 is 0 Å². The Hall–Kier alpha value is -3.53. The number of halogens is 3. The third kappa shape index (κ3) is 4.95. The number of fused-ring (bicyclic) bond motifs is 1. The Kier molecular flexibility index (Phi) is 6.03. The van der Waals surface area contributed by atoms with Crippen LogP contribution in [0.2, 0.25) is 0 Å². The molecule has 0 saturated heterocycles. The lowest BCUT2D eigenvalue weighted by atomic mass is 10.0. The summed E-state index contributed by atoms with van der Waals surface area (Å²) in [6, 6.07) is 15.5. The predicted octanol–water partition coefficient (Wildman–Crippen LogP) is 5.70. The van der Waals surface area contributed by atoms with E-state index in [0.717, 1.165) is 12.1 Å². The molecule has 3 aromatic rings. The van der Waals surface area contributed by atoms with E-state index in [1.54, 1.807) is 43.3 Å². The molecule has 1 heterocycles. The van der Waals surface area contributed by atoms with E-state index in [4.69, 9.17) is 13.8 Å². The van der Waals surface area contributed by atoms with Gasteiger partial charge in [-0.05, 0) is 55.0 Å². The molecule has 3 aromatic carbocycles. The Morgan fingerprint density at radius 2 is 1.70 bits per heavy atom. The molecule has 0 N–H and O–H groups in total. The van der Waals surface area contributed by atoms with Gasteiger partial charge in [0.2, 0.25) is 0 Å². The molecule has 4 rings (SSSR count). The summed E-state index contributed by atoms with van der Waals surface area (Å²) >= 11 is 0. The van der Waals surface area contributed by atoms with E-state index in [9.17, 15) is 21.6 Å². The number of rotatable bonds is 5. The fourth-order valence-electron chi connectivity index (χ4n) is 3.26. The van der Waals surface area contributed by atoms with Crippen molar-refractivity contribution in [2.45, 2.75) is 24.4 Å². The first-order valence-electron chi connectivity index (χ1n) is 9.82. The SMILES string of the molecule is Cc1ccccc1S(=O)(=O)ON=C1CCOc2c(Oc3ccc(C(F)(F)F)cc3)cccc21. The Morgan fingerprint density at radius 1 is 0.970 bits per heavy atom. The van der Waals surface area contributed by atoms with Crippen LogP contribution in [0, 0.1) is 6.92 Å². The van der Waals surface area contributed by atoms with Gasteiger partial charge in [0.1, 0.15) is 10.6 Å². The van der Waals surface area contributed by atoms with Crippen LogP contribution < -0.4 is 9.47 Å². The number of aryl methyl sites for hydroxylation is 1. The van der Waals surface area contributed by atoms with Crippen molar-refractivity contribution in [2.24, 2.45) is 5.16 Å². The van der Waals surface area contributed by atoms with Gasteiger partial charge in [-0.1, -0.05) is 29.4 Å². The van der Waals surface area contributed by atoms with E-state index >= 15 is 0 Å². The van der Waals surface area contributed by atoms with Gasteiger partial charge in [-0.2, -0.15) is 21.6 Å². The number of oxime groups is 1. The summed E-state index contributed by atoms with van der Waals surface area (Å²) < 4.78 is 79.8. The Bertz CT molecular complexity index is 1300. The largest absolute Gasteiger partial charge is 0.489 e. The summed E-state index contributed by atoms with van der Waals surface area (Å²) in [4.78, 5) is 0.0148. The van der Waals surface area contributed by atoms with E-state index in [1.165, 1.54) is 18.2 Å². The zero-order valence-electron chi connectivity index (χ0n) is 17.3. The highest BCUT2D eigenvalue weighted by atomic mass is 32.2. The van der Waals surface area contributed by atoms with Crippen molar-refractivity contribution in [1.82, 2.24) is 0 Å². The second kappa shape index (κ2) is 8.78. The van der Waals surface area contributed by atoms with E-state index in [-0.39, 0.29) is 23.0 Å². The molecule has 172 valence electrons. The number of nitrogens with zero attached hydrogens (tertiary/aromatic N) is 1. The first kappa shape index (κ1) is 22.7. The van der Waals surface area contributed by atoms with Gasteiger partial charge in [0, 0.05) is 12.0 Å². The molecule has 33 heavy (non-hydrogen) atoms. The second-order valence-corrected chi connectivity index (χ2v) is 8.68. The summed E-state index contributed by atoms with van der Waals surface area (Å²) in [7, 11) is -4.12. The van der Waals surface area contributed by atoms with E-state index in [0.29, 0.717) is 29.0 Å². The average Bonchev–Trinajstić information content (AvgIpc) is 2.78. The van der Waals surface area contributed by atoms with Gasteiger partial charge in [-0.15, -0.1) is 0 Å². The normalized spacial score (nSPS) is 15.0. The molecule has 10 heteroatoms. The van der Waals surface area contributed by atoms with Gasteiger partial charge in [-0.3, -0.25) is 4.28 Å². The lowest BCUT2D eigenvalue weighted by Crippen LogP contribution is -2.18. The molecule has 0 bridgehead atoms. The average molecular weight is 477 g/mol. The molecule has 1 aliphatic heterocycles. The molecule has 6 nitrogen and oxygen atoms in total. The molecule has 0 aromatic heterocycles. The number of ether oxygens (including phenoxy) is 2. The molecule has 0 radical (unpaired) electrons. The minimum absolute atomic E-state index is 0.0148. The molecule has 0 atom stereocenters. The molecule has 0 amide bonds. The second-order valence-electron chi connectivity index (χ2n) is 7.19. The van der Waals surface area contributed by atoms with Gasteiger partial charge < -0.3 is 9.47 Å². The molecule has 0 fully saturated rings. The first-order chi connectivity index (χ1) is 15.6. The summed E-state index contributed by atoms with van der Waals surface area (Å²) in [6.07, 6.45) is -4.16. The Balaban J connectivity index is 1.59. The standard InChI is InChI=1S/C23H18F3NO5S/c1-15-5-2-3-8-21(15)33(28,29)32-27-19-13-14-30-22-18(19)6-4-7-20(22)31-17-11-9-16(10-12-17)23(24,25)26/h2-12H,13-14H2,1H3. The van der Waals surface area contributed by atoms with Crippen molar-refractivity contribution in [3.63, 3.8) is 0 Å². The van der Waals surface area contributed by atoms with Crippen LogP contribution in [-0.2, 0) is 20.6 Å². The highest BCUT2D eigenvalue weighted by Gasteiger charge is 2.30. The molecule has 0 unspecified atom stereocenters. The smallest absolute Gasteiger partial charge is 0.416 e. The molecule has 0 saturated carbocycles. The minimum atomic E-state index is -4.45. The third-order valence-electron chi connectivity index (χ3n) is 4.89. The topological polar surface area (TPSA) is 74.2 Å². The van der Waals surface area contributed by atoms with E-state index in [1.807, 2.05) is 0 Å². The molecular formula is C23H18F3NO5S. The van der Waals surface area contributed by atoms with Gasteiger partial charge in [0.25, 0.3) is 0 Å². The van der Waals surface area contributed by atoms with Gasteiger partial charge in [-0.25, -0.2) is 0 Å². The number of hydrogen-bond donors (Lipinski definition) is 0. The quantitative estimate of drug-likeness (QED) is 0.441. The highest BCUT2D eigenvalue weighted by molar-refractivity contribution is 7.86. The maximum Gasteiger partial charge on any atom is 0.416 e. The minimum Gasteiger partial charge on any atom is -0.489 e. The van der Waals surface area contributed by atoms with Crippen molar-refractivity contribution < 1.29 is 35.3 Å². The first-order valence-corrected chi connectivity index (χ1v) is 11.2. The van der Waals surface area contributed by atoms with E-state index in [2.05, 4.69) is 5.16 Å². The number of benzene rings is 3. The van der Waals surface area contributed by atoms with Gasteiger partial charge >= 0.3 is 16.3 Å². The lowest BCUT2D eigenvalue weighted by Gasteiger charge is -2.21. The van der Waals surface area contributed by atoms with E-state index < -0.39 is 21.9 Å². The van der Waals surface area contributed by atoms with Crippen LogP contribution in [0.25, 0.3) is 0 Å². The number of para-hydroxylation sites is 1. The molecule has 1 aliphatic rings. The highest BCUT2D eigenvalue weighted by Crippen LogP contribution is 2.38. The lowest BCUT2D eigenvalue weighted by molar-refractivity contribution is -0.137. The van der Waals surface area contributed by atoms with Gasteiger partial charge in [0.05, 0.1) is 17.9 Å². The number of hydrogen-bond acceptors (Lipinski definition) is 6. The van der Waals surface area contributed by atoms with Crippen LogP contribution in [0.1, 0.15) is 23.1 Å². The van der Waals surface area contributed by atoms with Crippen LogP contribution in [0.4, 0.5) is 13.2 Å². The zero-order valence-corrected chi connectivity index (χ0v) is 18.1. The van der Waals surface area contributed by atoms with Crippen LogP contribution in [-0.4, -0.2) is 20.7 Å². The number of alkyl halides is 3. The van der Waals surface area contributed by atoms with Crippen LogP contribution in [0.3, 0.4) is 0 Å². The summed E-state index contributed by atoms with van der Waals surface area (Å²) in [5, 5.41) is 3.87. The van der Waals surface area contributed by atoms with Crippen LogP contribution in [0.15, 0.2) is 76.8 Å². The Labute approximate surface area is 188 Å². The van der Waals surface area contributed by atoms with Crippen molar-refractivity contribution in [3.8, 4) is 17.2 Å². The summed E-state index contributed by atoms with van der Waals surface area (Å²) in [6.45, 7) is 1.84. The summed E-state index contributed by atoms with van der Waals surface area (Å²) in [5.41, 5.74) is 0.539. The third-order valence-corrected chi connectivity index (χ3v) is 6.16. The van der Waals surface area contributed by atoms with Crippen molar-refractivity contribution in [3.05, 3.63) is 83.4 Å². The monoisotopic (exact) mass is 477 g/mol. The zero-order chi connectivity index (χ0) is 23.6. The predicted molar refractivity (Wildman–Crippen MR) is 114 cm³/mol. The van der Waals surface area contributed by atoms with Gasteiger partial charge in [0.15, 0.2) is 11.5 Å². The molecular weight excluding hydrogens is 459 g/mol. The molecule has 0 aliphatic carbocycles. The fourth-order valence-corrected chi connectivity index (χ4v) is 4.24. The fraction of sp³-hybridized carbons (Fsp3) is 0.174. The maximum absolute atomic E-state index is 12.8. The Morgan fingerprint density at radius 3 is 2.39 bits per heavy atom. The van der Waals surface area contributed by atoms with Crippen molar-refractivity contribution >= 4 is 15.8 Å². The van der Waals surface area contributed by atoms with Crippen molar-refractivity contribution in [2.75, 3.05) is 6.61 Å². The molecule has 0 spiro atoms.